The first-order valence-electron chi connectivity index (χ1n) is 7.68. The Balaban J connectivity index is 0.00000208. The van der Waals surface area contributed by atoms with Crippen LogP contribution in [-0.4, -0.2) is 27.1 Å². The molecule has 2 aromatic rings. The standard InChI is InChI=1S/C15H18N4O4.BrH/c1-2-17-13-4-3-11(19(22)23)9-12(13)14(20)18(15(17)21)10-5-7-16-8-6-10;/h3-4,9-10,16H,2,5-8H2,1H3;1H. The molecule has 0 atom stereocenters. The number of benzene rings is 1. The molecule has 3 rings (SSSR count). The highest BCUT2D eigenvalue weighted by Crippen LogP contribution is 2.20. The molecule has 1 fully saturated rings. The van der Waals surface area contributed by atoms with Gasteiger partial charge in [-0.1, -0.05) is 0 Å². The smallest absolute Gasteiger partial charge is 0.317 e. The van der Waals surface area contributed by atoms with Crippen LogP contribution >= 0.6 is 17.0 Å². The third-order valence-corrected chi connectivity index (χ3v) is 4.36. The Morgan fingerprint density at radius 3 is 2.54 bits per heavy atom. The molecule has 24 heavy (non-hydrogen) atoms. The zero-order valence-corrected chi connectivity index (χ0v) is 14.9. The summed E-state index contributed by atoms with van der Waals surface area (Å²) in [5, 5.41) is 14.4. The van der Waals surface area contributed by atoms with E-state index in [0.29, 0.717) is 24.9 Å². The van der Waals surface area contributed by atoms with Gasteiger partial charge in [0.05, 0.1) is 15.8 Å². The number of rotatable bonds is 3. The Bertz CT molecular complexity index is 883. The van der Waals surface area contributed by atoms with Gasteiger partial charge in [-0.2, -0.15) is 0 Å². The SMILES string of the molecule is Br.CCn1c(=O)n(C2CCNCC2)c(=O)c2cc([N+](=O)[O-])ccc21. The van der Waals surface area contributed by atoms with Crippen LogP contribution < -0.4 is 16.6 Å². The highest BCUT2D eigenvalue weighted by molar-refractivity contribution is 8.93. The molecule has 0 amide bonds. The number of non-ortho nitro benzene ring substituents is 1. The first-order chi connectivity index (χ1) is 11.0. The molecule has 1 aliphatic rings. The van der Waals surface area contributed by atoms with Gasteiger partial charge < -0.3 is 5.32 Å². The lowest BCUT2D eigenvalue weighted by molar-refractivity contribution is -0.384. The minimum atomic E-state index is -0.533. The number of aromatic nitrogens is 2. The highest BCUT2D eigenvalue weighted by Gasteiger charge is 2.22. The second-order valence-electron chi connectivity index (χ2n) is 5.64. The maximum atomic E-state index is 12.8. The number of hydrogen-bond acceptors (Lipinski definition) is 5. The van der Waals surface area contributed by atoms with Crippen LogP contribution in [0.5, 0.6) is 0 Å². The largest absolute Gasteiger partial charge is 0.331 e. The summed E-state index contributed by atoms with van der Waals surface area (Å²) in [6.07, 6.45) is 1.39. The van der Waals surface area contributed by atoms with Crippen molar-refractivity contribution in [3.63, 3.8) is 0 Å². The van der Waals surface area contributed by atoms with E-state index in [-0.39, 0.29) is 39.8 Å². The zero-order valence-electron chi connectivity index (χ0n) is 13.2. The molecule has 0 aliphatic carbocycles. The van der Waals surface area contributed by atoms with Crippen molar-refractivity contribution in [2.45, 2.75) is 32.4 Å². The number of halogens is 1. The second-order valence-corrected chi connectivity index (χ2v) is 5.64. The molecular formula is C15H19BrN4O4. The summed E-state index contributed by atoms with van der Waals surface area (Å²) < 4.78 is 2.78. The number of nitrogens with zero attached hydrogens (tertiary/aromatic N) is 3. The fourth-order valence-corrected chi connectivity index (χ4v) is 3.19. The number of aryl methyl sites for hydroxylation is 1. The normalized spacial score (nSPS) is 15.2. The molecule has 1 aliphatic heterocycles. The summed E-state index contributed by atoms with van der Waals surface area (Å²) in [5.74, 6) is 0. The van der Waals surface area contributed by atoms with Crippen LogP contribution in [0.15, 0.2) is 27.8 Å². The summed E-state index contributed by atoms with van der Waals surface area (Å²) in [7, 11) is 0. The van der Waals surface area contributed by atoms with Crippen molar-refractivity contribution in [2.75, 3.05) is 13.1 Å². The highest BCUT2D eigenvalue weighted by atomic mass is 79.9. The Labute approximate surface area is 148 Å². The van der Waals surface area contributed by atoms with E-state index >= 15 is 0 Å². The zero-order chi connectivity index (χ0) is 16.6. The predicted molar refractivity (Wildman–Crippen MR) is 96.3 cm³/mol. The van der Waals surface area contributed by atoms with E-state index in [0.717, 1.165) is 13.1 Å². The van der Waals surface area contributed by atoms with Gasteiger partial charge in [-0.15, -0.1) is 17.0 Å². The third-order valence-electron chi connectivity index (χ3n) is 4.36. The summed E-state index contributed by atoms with van der Waals surface area (Å²) in [6, 6.07) is 3.90. The van der Waals surface area contributed by atoms with Gasteiger partial charge in [-0.3, -0.25) is 24.0 Å². The maximum absolute atomic E-state index is 12.8. The number of fused-ring (bicyclic) bond motifs is 1. The van der Waals surface area contributed by atoms with Crippen molar-refractivity contribution in [2.24, 2.45) is 0 Å². The van der Waals surface area contributed by atoms with Crippen molar-refractivity contribution in [3.05, 3.63) is 49.2 Å². The molecule has 0 unspecified atom stereocenters. The van der Waals surface area contributed by atoms with E-state index < -0.39 is 10.5 Å². The van der Waals surface area contributed by atoms with Crippen molar-refractivity contribution in [1.29, 1.82) is 0 Å². The molecule has 2 heterocycles. The van der Waals surface area contributed by atoms with E-state index in [1.165, 1.54) is 27.3 Å². The van der Waals surface area contributed by atoms with Gasteiger partial charge in [0.25, 0.3) is 11.2 Å². The van der Waals surface area contributed by atoms with Gasteiger partial charge in [-0.25, -0.2) is 4.79 Å². The van der Waals surface area contributed by atoms with Gasteiger partial charge in [0.1, 0.15) is 0 Å². The summed E-state index contributed by atoms with van der Waals surface area (Å²) in [5.41, 5.74) is -0.484. The second kappa shape index (κ2) is 7.27. The van der Waals surface area contributed by atoms with Crippen LogP contribution in [-0.2, 0) is 6.54 Å². The number of nitrogens with one attached hydrogen (secondary N) is 1. The van der Waals surface area contributed by atoms with Crippen LogP contribution in [0.1, 0.15) is 25.8 Å². The van der Waals surface area contributed by atoms with Crippen molar-refractivity contribution in [1.82, 2.24) is 14.5 Å². The summed E-state index contributed by atoms with van der Waals surface area (Å²) in [4.78, 5) is 36.0. The quantitative estimate of drug-likeness (QED) is 0.624. The fraction of sp³-hybridized carbons (Fsp3) is 0.467. The number of piperidine rings is 1. The van der Waals surface area contributed by atoms with E-state index in [2.05, 4.69) is 5.32 Å². The van der Waals surface area contributed by atoms with Gasteiger partial charge in [0.2, 0.25) is 0 Å². The van der Waals surface area contributed by atoms with Crippen LogP contribution in [0.3, 0.4) is 0 Å². The van der Waals surface area contributed by atoms with E-state index in [1.807, 2.05) is 6.92 Å². The van der Waals surface area contributed by atoms with E-state index in [4.69, 9.17) is 0 Å². The molecule has 0 spiro atoms. The molecule has 9 heteroatoms. The average molecular weight is 399 g/mol. The Morgan fingerprint density at radius 1 is 1.29 bits per heavy atom. The Kier molecular flexibility index (Phi) is 5.55. The molecule has 0 radical (unpaired) electrons. The van der Waals surface area contributed by atoms with Crippen LogP contribution in [0.2, 0.25) is 0 Å². The fourth-order valence-electron chi connectivity index (χ4n) is 3.19. The topological polar surface area (TPSA) is 99.2 Å². The number of nitro groups is 1. The molecule has 1 aromatic carbocycles. The summed E-state index contributed by atoms with van der Waals surface area (Å²) in [6.45, 7) is 3.71. The van der Waals surface area contributed by atoms with Crippen molar-refractivity contribution >= 4 is 33.6 Å². The molecule has 1 N–H and O–H groups in total. The van der Waals surface area contributed by atoms with Gasteiger partial charge in [-0.05, 0) is 38.9 Å². The molecular weight excluding hydrogens is 380 g/mol. The summed E-state index contributed by atoms with van der Waals surface area (Å²) >= 11 is 0. The minimum Gasteiger partial charge on any atom is -0.317 e. The lowest BCUT2D eigenvalue weighted by Gasteiger charge is -2.25. The van der Waals surface area contributed by atoms with Crippen molar-refractivity contribution in [3.8, 4) is 0 Å². The minimum absolute atomic E-state index is 0. The van der Waals surface area contributed by atoms with Crippen LogP contribution in [0.4, 0.5) is 5.69 Å². The number of nitro benzene ring substituents is 1. The van der Waals surface area contributed by atoms with Gasteiger partial charge in [0.15, 0.2) is 0 Å². The Hall–Kier alpha value is -2.00. The number of hydrogen-bond donors (Lipinski definition) is 1. The Morgan fingerprint density at radius 2 is 1.96 bits per heavy atom. The first-order valence-corrected chi connectivity index (χ1v) is 7.68. The molecule has 1 saturated heterocycles. The monoisotopic (exact) mass is 398 g/mol. The third kappa shape index (κ3) is 3.01. The molecule has 0 bridgehead atoms. The van der Waals surface area contributed by atoms with Crippen LogP contribution in [0, 0.1) is 10.1 Å². The van der Waals surface area contributed by atoms with E-state index in [1.54, 1.807) is 0 Å². The average Bonchev–Trinajstić information content (AvgIpc) is 2.56. The molecule has 1 aromatic heterocycles. The van der Waals surface area contributed by atoms with Crippen LogP contribution in [0.25, 0.3) is 10.9 Å². The first kappa shape index (κ1) is 18.3. The predicted octanol–water partition coefficient (Wildman–Crippen LogP) is 1.59. The lowest BCUT2D eigenvalue weighted by atomic mass is 10.1. The lowest BCUT2D eigenvalue weighted by Crippen LogP contribution is -2.45. The molecule has 0 saturated carbocycles. The van der Waals surface area contributed by atoms with Crippen molar-refractivity contribution < 1.29 is 4.92 Å². The molecule has 130 valence electrons. The molecule has 8 nitrogen and oxygen atoms in total. The van der Waals surface area contributed by atoms with E-state index in [9.17, 15) is 19.7 Å². The maximum Gasteiger partial charge on any atom is 0.331 e. The van der Waals surface area contributed by atoms with Gasteiger partial charge >= 0.3 is 5.69 Å². The van der Waals surface area contributed by atoms with Gasteiger partial charge in [0, 0.05) is 24.7 Å².